The van der Waals surface area contributed by atoms with Crippen molar-refractivity contribution in [3.8, 4) is 0 Å². The highest BCUT2D eigenvalue weighted by Gasteiger charge is 2.31. The average molecular weight is 377 g/mol. The minimum Gasteiger partial charge on any atom is -0.390 e. The monoisotopic (exact) mass is 376 g/mol. The van der Waals surface area contributed by atoms with Gasteiger partial charge >= 0.3 is 0 Å². The molecule has 2 aromatic rings. The number of nitrogens with zero attached hydrogens (tertiary/aromatic N) is 4. The summed E-state index contributed by atoms with van der Waals surface area (Å²) < 4.78 is 13.8. The summed E-state index contributed by atoms with van der Waals surface area (Å²) in [5, 5.41) is 9.35. The van der Waals surface area contributed by atoms with Crippen LogP contribution >= 0.6 is 11.8 Å². The molecule has 0 amide bonds. The Morgan fingerprint density at radius 3 is 2.81 bits per heavy atom. The number of halogens is 1. The Balaban J connectivity index is 1.84. The van der Waals surface area contributed by atoms with Gasteiger partial charge in [0.25, 0.3) is 0 Å². The number of aliphatic hydroxyl groups is 1. The molecule has 1 aliphatic heterocycles. The summed E-state index contributed by atoms with van der Waals surface area (Å²) in [5.41, 5.74) is 1.68. The maximum Gasteiger partial charge on any atom is 0.225 e. The van der Waals surface area contributed by atoms with E-state index in [-0.39, 0.29) is 18.5 Å². The highest BCUT2D eigenvalue weighted by Crippen LogP contribution is 2.29. The maximum absolute atomic E-state index is 13.8. The second kappa shape index (κ2) is 8.22. The molecule has 0 bridgehead atoms. The van der Waals surface area contributed by atoms with Gasteiger partial charge in [0.05, 0.1) is 18.3 Å². The van der Waals surface area contributed by atoms with E-state index in [9.17, 15) is 9.50 Å². The summed E-state index contributed by atoms with van der Waals surface area (Å²) in [6, 6.07) is 7.29. The van der Waals surface area contributed by atoms with E-state index in [1.54, 1.807) is 18.3 Å². The second-order valence-corrected chi connectivity index (χ2v) is 7.62. The quantitative estimate of drug-likeness (QED) is 0.809. The van der Waals surface area contributed by atoms with Crippen molar-refractivity contribution in [1.82, 2.24) is 9.97 Å². The van der Waals surface area contributed by atoms with Gasteiger partial charge in [0, 0.05) is 36.4 Å². The van der Waals surface area contributed by atoms with E-state index in [0.717, 1.165) is 25.3 Å². The van der Waals surface area contributed by atoms with Crippen LogP contribution in [0.2, 0.25) is 0 Å². The number of anilines is 2. The Morgan fingerprint density at radius 2 is 2.12 bits per heavy atom. The van der Waals surface area contributed by atoms with E-state index in [0.29, 0.717) is 22.5 Å². The number of aromatic nitrogens is 2. The van der Waals surface area contributed by atoms with Crippen molar-refractivity contribution in [3.05, 3.63) is 42.0 Å². The lowest BCUT2D eigenvalue weighted by Gasteiger charge is -2.44. The van der Waals surface area contributed by atoms with Crippen molar-refractivity contribution in [1.29, 1.82) is 0 Å². The molecule has 0 spiro atoms. The number of thioether (sulfide) groups is 1. The lowest BCUT2D eigenvalue weighted by atomic mass is 9.99. The van der Waals surface area contributed by atoms with Gasteiger partial charge in [-0.3, -0.25) is 0 Å². The van der Waals surface area contributed by atoms with Gasteiger partial charge in [0.15, 0.2) is 0 Å². The van der Waals surface area contributed by atoms with Gasteiger partial charge in [-0.15, -0.1) is 11.8 Å². The largest absolute Gasteiger partial charge is 0.390 e. The standard InChI is InChI=1S/C19H25FN4OS/c1-13(2)17-11-23(15-4-5-16(20)18(10-15)26-3)8-9-24(17)19-21-7-6-14(12-25)22-19/h4-7,10,13,17,25H,8-9,11-12H2,1-3H3. The number of hydrogen-bond donors (Lipinski definition) is 1. The summed E-state index contributed by atoms with van der Waals surface area (Å²) >= 11 is 1.43. The number of rotatable bonds is 5. The third-order valence-electron chi connectivity index (χ3n) is 4.81. The third kappa shape index (κ3) is 3.94. The Morgan fingerprint density at radius 1 is 1.31 bits per heavy atom. The molecule has 26 heavy (non-hydrogen) atoms. The molecule has 1 N–H and O–H groups in total. The van der Waals surface area contributed by atoms with Crippen LogP contribution in [0.15, 0.2) is 35.4 Å². The van der Waals surface area contributed by atoms with Crippen molar-refractivity contribution < 1.29 is 9.50 Å². The molecular formula is C19H25FN4OS. The van der Waals surface area contributed by atoms with Crippen molar-refractivity contribution >= 4 is 23.4 Å². The highest BCUT2D eigenvalue weighted by molar-refractivity contribution is 7.98. The predicted molar refractivity (Wildman–Crippen MR) is 104 cm³/mol. The Bertz CT molecular complexity index is 758. The van der Waals surface area contributed by atoms with Gasteiger partial charge < -0.3 is 14.9 Å². The van der Waals surface area contributed by atoms with Crippen LogP contribution in [-0.2, 0) is 6.61 Å². The fourth-order valence-corrected chi connectivity index (χ4v) is 3.82. The second-order valence-electron chi connectivity index (χ2n) is 6.78. The van der Waals surface area contributed by atoms with Gasteiger partial charge in [-0.05, 0) is 36.4 Å². The first-order valence-corrected chi connectivity index (χ1v) is 10.0. The molecule has 0 radical (unpaired) electrons. The molecule has 1 fully saturated rings. The number of hydrogen-bond acceptors (Lipinski definition) is 6. The number of benzene rings is 1. The van der Waals surface area contributed by atoms with Crippen LogP contribution in [0.25, 0.3) is 0 Å². The van der Waals surface area contributed by atoms with E-state index in [2.05, 4.69) is 33.6 Å². The average Bonchev–Trinajstić information content (AvgIpc) is 2.68. The summed E-state index contributed by atoms with van der Waals surface area (Å²) in [6.07, 6.45) is 3.59. The SMILES string of the molecule is CSc1cc(N2CCN(c3nccc(CO)n3)C(C(C)C)C2)ccc1F. The lowest BCUT2D eigenvalue weighted by Crippen LogP contribution is -2.56. The molecule has 1 aliphatic rings. The first-order chi connectivity index (χ1) is 12.5. The van der Waals surface area contributed by atoms with Crippen LogP contribution in [0.4, 0.5) is 16.0 Å². The Labute approximate surface area is 158 Å². The van der Waals surface area contributed by atoms with E-state index in [4.69, 9.17) is 0 Å². The van der Waals surface area contributed by atoms with Gasteiger partial charge in [-0.2, -0.15) is 0 Å². The molecule has 7 heteroatoms. The van der Waals surface area contributed by atoms with Crippen LogP contribution in [0, 0.1) is 11.7 Å². The van der Waals surface area contributed by atoms with Gasteiger partial charge in [-0.25, -0.2) is 14.4 Å². The number of piperazine rings is 1. The predicted octanol–water partition coefficient (Wildman–Crippen LogP) is 3.18. The van der Waals surface area contributed by atoms with Crippen LogP contribution in [0.5, 0.6) is 0 Å². The zero-order valence-electron chi connectivity index (χ0n) is 15.4. The minimum atomic E-state index is -0.172. The fraction of sp³-hybridized carbons (Fsp3) is 0.474. The summed E-state index contributed by atoms with van der Waals surface area (Å²) in [5.74, 6) is 0.896. The minimum absolute atomic E-state index is 0.0884. The van der Waals surface area contributed by atoms with Crippen LogP contribution in [-0.4, -0.2) is 47.0 Å². The van der Waals surface area contributed by atoms with Crippen LogP contribution in [0.3, 0.4) is 0 Å². The van der Waals surface area contributed by atoms with Gasteiger partial charge in [0.1, 0.15) is 5.82 Å². The van der Waals surface area contributed by atoms with E-state index < -0.39 is 0 Å². The highest BCUT2D eigenvalue weighted by atomic mass is 32.2. The van der Waals surface area contributed by atoms with E-state index >= 15 is 0 Å². The molecule has 1 aromatic heterocycles. The van der Waals surface area contributed by atoms with Crippen LogP contribution < -0.4 is 9.80 Å². The molecule has 2 heterocycles. The van der Waals surface area contributed by atoms with Crippen molar-refractivity contribution in [3.63, 3.8) is 0 Å². The molecule has 1 unspecified atom stereocenters. The molecule has 1 atom stereocenters. The molecule has 1 aromatic carbocycles. The van der Waals surface area contributed by atoms with E-state index in [1.165, 1.54) is 11.8 Å². The molecule has 5 nitrogen and oxygen atoms in total. The lowest BCUT2D eigenvalue weighted by molar-refractivity contribution is 0.276. The van der Waals surface area contributed by atoms with Gasteiger partial charge in [0.2, 0.25) is 5.95 Å². The van der Waals surface area contributed by atoms with Gasteiger partial charge in [-0.1, -0.05) is 13.8 Å². The molecular weight excluding hydrogens is 351 g/mol. The molecule has 0 saturated carbocycles. The Hall–Kier alpha value is -1.86. The summed E-state index contributed by atoms with van der Waals surface area (Å²) in [6.45, 7) is 6.71. The first-order valence-electron chi connectivity index (χ1n) is 8.81. The zero-order valence-corrected chi connectivity index (χ0v) is 16.2. The fourth-order valence-electron chi connectivity index (χ4n) is 3.32. The normalized spacial score (nSPS) is 17.8. The first kappa shape index (κ1) is 18.9. The Kier molecular flexibility index (Phi) is 5.98. The van der Waals surface area contributed by atoms with E-state index in [1.807, 2.05) is 18.4 Å². The third-order valence-corrected chi connectivity index (χ3v) is 5.56. The molecule has 3 rings (SSSR count). The molecule has 0 aliphatic carbocycles. The summed E-state index contributed by atoms with van der Waals surface area (Å²) in [7, 11) is 0. The van der Waals surface area contributed by atoms with Crippen LogP contribution in [0.1, 0.15) is 19.5 Å². The molecule has 140 valence electrons. The maximum atomic E-state index is 13.8. The van der Waals surface area contributed by atoms with Crippen molar-refractivity contribution in [2.45, 2.75) is 31.4 Å². The smallest absolute Gasteiger partial charge is 0.225 e. The zero-order chi connectivity index (χ0) is 18.7. The number of aliphatic hydroxyl groups excluding tert-OH is 1. The molecule has 1 saturated heterocycles. The van der Waals surface area contributed by atoms with Crippen molar-refractivity contribution in [2.75, 3.05) is 35.7 Å². The van der Waals surface area contributed by atoms with Crippen molar-refractivity contribution in [2.24, 2.45) is 5.92 Å². The topological polar surface area (TPSA) is 52.5 Å². The summed E-state index contributed by atoms with van der Waals surface area (Å²) in [4.78, 5) is 14.1.